The predicted octanol–water partition coefficient (Wildman–Crippen LogP) is 0.809. The minimum atomic E-state index is -0.352. The van der Waals surface area contributed by atoms with Crippen LogP contribution in [-0.4, -0.2) is 46.1 Å². The minimum Gasteiger partial charge on any atom is -0.354 e. The number of aromatic nitrogens is 2. The van der Waals surface area contributed by atoms with E-state index >= 15 is 0 Å². The van der Waals surface area contributed by atoms with Crippen LogP contribution in [0.2, 0.25) is 0 Å². The first-order chi connectivity index (χ1) is 11.9. The van der Waals surface area contributed by atoms with E-state index in [1.54, 1.807) is 24.1 Å². The van der Waals surface area contributed by atoms with Gasteiger partial charge >= 0.3 is 5.69 Å². The Balaban J connectivity index is 1.76. The summed E-state index contributed by atoms with van der Waals surface area (Å²) in [5.74, 6) is 0.571. The molecule has 3 rings (SSSR count). The fourth-order valence-corrected chi connectivity index (χ4v) is 3.37. The maximum Gasteiger partial charge on any atom is 0.332 e. The van der Waals surface area contributed by atoms with Gasteiger partial charge in [-0.15, -0.1) is 0 Å². The van der Waals surface area contributed by atoms with Crippen LogP contribution in [0.25, 0.3) is 0 Å². The van der Waals surface area contributed by atoms with E-state index < -0.39 is 0 Å². The van der Waals surface area contributed by atoms with Crippen molar-refractivity contribution in [3.8, 4) is 0 Å². The zero-order valence-electron chi connectivity index (χ0n) is 14.1. The van der Waals surface area contributed by atoms with E-state index in [-0.39, 0.29) is 17.2 Å². The van der Waals surface area contributed by atoms with E-state index in [0.717, 1.165) is 9.04 Å². The first-order valence-electron chi connectivity index (χ1n) is 7.95. The van der Waals surface area contributed by atoms with E-state index in [0.29, 0.717) is 37.6 Å². The van der Waals surface area contributed by atoms with E-state index in [2.05, 4.69) is 15.9 Å². The van der Waals surface area contributed by atoms with Gasteiger partial charge in [-0.2, -0.15) is 0 Å². The van der Waals surface area contributed by atoms with Crippen LogP contribution in [0, 0.1) is 0 Å². The van der Waals surface area contributed by atoms with Crippen molar-refractivity contribution in [1.82, 2.24) is 14.0 Å². The molecule has 2 aromatic rings. The van der Waals surface area contributed by atoms with Gasteiger partial charge in [0.15, 0.2) is 0 Å². The monoisotopic (exact) mass is 406 g/mol. The Morgan fingerprint density at radius 1 is 1.00 bits per heavy atom. The number of rotatable bonds is 2. The zero-order valence-corrected chi connectivity index (χ0v) is 15.7. The van der Waals surface area contributed by atoms with Gasteiger partial charge in [-0.1, -0.05) is 22.0 Å². The molecule has 1 saturated heterocycles. The molecule has 1 aromatic heterocycles. The molecule has 1 amide bonds. The number of piperazine rings is 1. The van der Waals surface area contributed by atoms with Crippen LogP contribution in [0.3, 0.4) is 0 Å². The standard InChI is InChI=1S/C17H19BrN4O3/c1-19-14(11-15(23)20(2)17(19)25)21-6-8-22(9-7-21)16(24)12-4-3-5-13(18)10-12/h3-5,10-11H,6-9H2,1-2H3. The van der Waals surface area contributed by atoms with Crippen molar-refractivity contribution in [1.29, 1.82) is 0 Å². The summed E-state index contributed by atoms with van der Waals surface area (Å²) in [6, 6.07) is 8.78. The number of hydrogen-bond acceptors (Lipinski definition) is 4. The van der Waals surface area contributed by atoms with Gasteiger partial charge in [-0.3, -0.25) is 18.7 Å². The molecule has 2 heterocycles. The average Bonchev–Trinajstić information content (AvgIpc) is 2.62. The molecule has 0 spiro atoms. The normalized spacial score (nSPS) is 14.7. The van der Waals surface area contributed by atoms with Crippen LogP contribution < -0.4 is 16.1 Å². The predicted molar refractivity (Wildman–Crippen MR) is 99.2 cm³/mol. The van der Waals surface area contributed by atoms with Crippen molar-refractivity contribution < 1.29 is 4.79 Å². The van der Waals surface area contributed by atoms with Gasteiger partial charge in [0, 0.05) is 56.4 Å². The lowest BCUT2D eigenvalue weighted by Gasteiger charge is -2.36. The minimum absolute atomic E-state index is 0.0150. The third-order valence-electron chi connectivity index (χ3n) is 4.46. The summed E-state index contributed by atoms with van der Waals surface area (Å²) >= 11 is 3.38. The van der Waals surface area contributed by atoms with Gasteiger partial charge in [0.2, 0.25) is 0 Å². The van der Waals surface area contributed by atoms with E-state index in [1.165, 1.54) is 17.7 Å². The molecule has 1 fully saturated rings. The largest absolute Gasteiger partial charge is 0.354 e. The van der Waals surface area contributed by atoms with Crippen LogP contribution >= 0.6 is 15.9 Å². The highest BCUT2D eigenvalue weighted by molar-refractivity contribution is 9.10. The number of hydrogen-bond donors (Lipinski definition) is 0. The van der Waals surface area contributed by atoms with Crippen molar-refractivity contribution in [2.45, 2.75) is 0 Å². The van der Waals surface area contributed by atoms with Gasteiger partial charge in [0.25, 0.3) is 11.5 Å². The van der Waals surface area contributed by atoms with Crippen molar-refractivity contribution in [2.75, 3.05) is 31.1 Å². The van der Waals surface area contributed by atoms with Crippen molar-refractivity contribution in [3.63, 3.8) is 0 Å². The summed E-state index contributed by atoms with van der Waals surface area (Å²) in [4.78, 5) is 40.3. The SMILES string of the molecule is Cn1c(N2CCN(C(=O)c3cccc(Br)c3)CC2)cc(=O)n(C)c1=O. The number of nitrogens with zero attached hydrogens (tertiary/aromatic N) is 4. The second kappa shape index (κ2) is 6.87. The lowest BCUT2D eigenvalue weighted by molar-refractivity contribution is 0.0746. The second-order valence-electron chi connectivity index (χ2n) is 6.03. The molecular weight excluding hydrogens is 388 g/mol. The van der Waals surface area contributed by atoms with Gasteiger partial charge < -0.3 is 9.80 Å². The summed E-state index contributed by atoms with van der Waals surface area (Å²) < 4.78 is 3.41. The van der Waals surface area contributed by atoms with Crippen LogP contribution in [0.4, 0.5) is 5.82 Å². The molecule has 0 unspecified atom stereocenters. The molecule has 0 saturated carbocycles. The molecule has 1 aliphatic rings. The summed E-state index contributed by atoms with van der Waals surface area (Å²) in [7, 11) is 3.11. The summed E-state index contributed by atoms with van der Waals surface area (Å²) in [6.07, 6.45) is 0. The van der Waals surface area contributed by atoms with Crippen LogP contribution in [0.5, 0.6) is 0 Å². The number of halogens is 1. The van der Waals surface area contributed by atoms with E-state index in [4.69, 9.17) is 0 Å². The summed E-state index contributed by atoms with van der Waals surface area (Å²) in [6.45, 7) is 2.21. The maximum atomic E-state index is 12.6. The molecule has 0 bridgehead atoms. The third-order valence-corrected chi connectivity index (χ3v) is 4.96. The van der Waals surface area contributed by atoms with Crippen LogP contribution in [0.15, 0.2) is 44.4 Å². The molecule has 0 atom stereocenters. The molecule has 0 N–H and O–H groups in total. The first-order valence-corrected chi connectivity index (χ1v) is 8.74. The number of carbonyl (C=O) groups excluding carboxylic acids is 1. The molecule has 8 heteroatoms. The van der Waals surface area contributed by atoms with Crippen LogP contribution in [0.1, 0.15) is 10.4 Å². The van der Waals surface area contributed by atoms with E-state index in [9.17, 15) is 14.4 Å². The van der Waals surface area contributed by atoms with Crippen molar-refractivity contribution in [3.05, 3.63) is 61.2 Å². The van der Waals surface area contributed by atoms with Gasteiger partial charge in [-0.25, -0.2) is 4.79 Å². The number of carbonyl (C=O) groups is 1. The summed E-state index contributed by atoms with van der Waals surface area (Å²) in [5.41, 5.74) is -0.0373. The van der Waals surface area contributed by atoms with Gasteiger partial charge in [0.1, 0.15) is 5.82 Å². The Morgan fingerprint density at radius 3 is 2.32 bits per heavy atom. The van der Waals surface area contributed by atoms with Gasteiger partial charge in [0.05, 0.1) is 0 Å². The zero-order chi connectivity index (χ0) is 18.1. The Kier molecular flexibility index (Phi) is 4.80. The third kappa shape index (κ3) is 3.39. The summed E-state index contributed by atoms with van der Waals surface area (Å²) in [5, 5.41) is 0. The Hall–Kier alpha value is -2.35. The fourth-order valence-electron chi connectivity index (χ4n) is 2.97. The smallest absolute Gasteiger partial charge is 0.332 e. The molecular formula is C17H19BrN4O3. The fraction of sp³-hybridized carbons (Fsp3) is 0.353. The quantitative estimate of drug-likeness (QED) is 0.739. The van der Waals surface area contributed by atoms with Crippen LogP contribution in [-0.2, 0) is 14.1 Å². The molecule has 7 nitrogen and oxygen atoms in total. The average molecular weight is 407 g/mol. The lowest BCUT2D eigenvalue weighted by atomic mass is 10.2. The first kappa shape index (κ1) is 17.5. The molecule has 1 aliphatic heterocycles. The second-order valence-corrected chi connectivity index (χ2v) is 6.95. The molecule has 0 aliphatic carbocycles. The highest BCUT2D eigenvalue weighted by Gasteiger charge is 2.24. The molecule has 132 valence electrons. The Morgan fingerprint density at radius 2 is 1.68 bits per heavy atom. The van der Waals surface area contributed by atoms with Gasteiger partial charge in [-0.05, 0) is 18.2 Å². The Bertz CT molecular complexity index is 926. The molecule has 25 heavy (non-hydrogen) atoms. The number of anilines is 1. The number of benzene rings is 1. The Labute approximate surface area is 153 Å². The molecule has 0 radical (unpaired) electrons. The lowest BCUT2D eigenvalue weighted by Crippen LogP contribution is -2.51. The van der Waals surface area contributed by atoms with Crippen molar-refractivity contribution >= 4 is 27.7 Å². The van der Waals surface area contributed by atoms with E-state index in [1.807, 2.05) is 17.0 Å². The topological polar surface area (TPSA) is 67.5 Å². The highest BCUT2D eigenvalue weighted by atomic mass is 79.9. The maximum absolute atomic E-state index is 12.6. The number of amides is 1. The molecule has 1 aromatic carbocycles. The van der Waals surface area contributed by atoms with Crippen molar-refractivity contribution in [2.24, 2.45) is 14.1 Å². The highest BCUT2D eigenvalue weighted by Crippen LogP contribution is 2.17.